The van der Waals surface area contributed by atoms with Crippen molar-refractivity contribution in [3.63, 3.8) is 0 Å². The molecule has 0 radical (unpaired) electrons. The Kier molecular flexibility index (Phi) is 7.38. The number of hydrogen-bond donors (Lipinski definition) is 1. The van der Waals surface area contributed by atoms with Crippen LogP contribution in [-0.4, -0.2) is 65.1 Å². The van der Waals surface area contributed by atoms with Crippen LogP contribution in [0.1, 0.15) is 11.1 Å². The van der Waals surface area contributed by atoms with E-state index in [9.17, 15) is 13.2 Å². The van der Waals surface area contributed by atoms with Crippen LogP contribution in [-0.2, 0) is 27.8 Å². The number of rotatable bonds is 8. The van der Waals surface area contributed by atoms with Gasteiger partial charge in [-0.1, -0.05) is 66.7 Å². The molecule has 8 nitrogen and oxygen atoms in total. The van der Waals surface area contributed by atoms with Crippen molar-refractivity contribution in [2.24, 2.45) is 0 Å². The summed E-state index contributed by atoms with van der Waals surface area (Å²) in [6.45, 7) is 3.38. The molecule has 1 aliphatic rings. The van der Waals surface area contributed by atoms with Gasteiger partial charge in [0.15, 0.2) is 0 Å². The molecule has 36 heavy (non-hydrogen) atoms. The highest BCUT2D eigenvalue weighted by molar-refractivity contribution is 7.89. The third kappa shape index (κ3) is 5.62. The van der Waals surface area contributed by atoms with Crippen LogP contribution in [0, 0.1) is 0 Å². The Morgan fingerprint density at radius 3 is 2.22 bits per heavy atom. The van der Waals surface area contributed by atoms with E-state index in [1.807, 2.05) is 48.5 Å². The number of sulfonamides is 1. The monoisotopic (exact) mass is 521 g/mol. The molecule has 3 aromatic carbocycles. The molecule has 0 aliphatic carbocycles. The zero-order chi connectivity index (χ0) is 25.0. The largest absolute Gasteiger partial charge is 0.339 e. The molecule has 1 saturated heterocycles. The lowest BCUT2D eigenvalue weighted by Crippen LogP contribution is -2.55. The van der Waals surface area contributed by atoms with Crippen molar-refractivity contribution >= 4 is 38.7 Å². The molecule has 1 aromatic heterocycles. The van der Waals surface area contributed by atoms with E-state index in [0.29, 0.717) is 24.1 Å². The van der Waals surface area contributed by atoms with Gasteiger partial charge in [0.1, 0.15) is 22.0 Å². The van der Waals surface area contributed by atoms with E-state index in [2.05, 4.69) is 30.5 Å². The molecule has 1 aliphatic heterocycles. The van der Waals surface area contributed by atoms with Crippen molar-refractivity contribution in [1.29, 1.82) is 0 Å². The molecule has 186 valence electrons. The van der Waals surface area contributed by atoms with Gasteiger partial charge in [-0.3, -0.25) is 9.69 Å². The zero-order valence-electron chi connectivity index (χ0n) is 19.7. The molecular weight excluding hydrogens is 494 g/mol. The molecule has 2 heterocycles. The van der Waals surface area contributed by atoms with Crippen molar-refractivity contribution in [2.75, 3.05) is 26.2 Å². The van der Waals surface area contributed by atoms with Crippen LogP contribution >= 0.6 is 11.7 Å². The second-order valence-corrected chi connectivity index (χ2v) is 11.0. The van der Waals surface area contributed by atoms with E-state index in [1.54, 1.807) is 17.0 Å². The molecule has 0 spiro atoms. The maximum Gasteiger partial charge on any atom is 0.243 e. The lowest BCUT2D eigenvalue weighted by Gasteiger charge is -2.36. The molecule has 1 fully saturated rings. The van der Waals surface area contributed by atoms with Gasteiger partial charge in [-0.25, -0.2) is 8.42 Å². The van der Waals surface area contributed by atoms with Gasteiger partial charge in [0.25, 0.3) is 0 Å². The Morgan fingerprint density at radius 2 is 1.53 bits per heavy atom. The molecular formula is C26H27N5O3S2. The summed E-state index contributed by atoms with van der Waals surface area (Å²) in [5.41, 5.74) is 2.95. The molecule has 1 N–H and O–H groups in total. The number of nitrogens with one attached hydrogen (secondary N) is 1. The van der Waals surface area contributed by atoms with E-state index in [4.69, 9.17) is 0 Å². The average Bonchev–Trinajstić information content (AvgIpc) is 3.38. The van der Waals surface area contributed by atoms with Crippen molar-refractivity contribution in [3.8, 4) is 0 Å². The maximum atomic E-state index is 13.6. The van der Waals surface area contributed by atoms with Crippen LogP contribution in [0.2, 0.25) is 0 Å². The van der Waals surface area contributed by atoms with E-state index in [-0.39, 0.29) is 17.2 Å². The van der Waals surface area contributed by atoms with Crippen molar-refractivity contribution in [2.45, 2.75) is 23.9 Å². The normalized spacial score (nSPS) is 15.7. The summed E-state index contributed by atoms with van der Waals surface area (Å²) < 4.78 is 37.9. The highest BCUT2D eigenvalue weighted by Crippen LogP contribution is 2.22. The summed E-state index contributed by atoms with van der Waals surface area (Å²) in [6.07, 6.45) is 0.258. The molecule has 0 bridgehead atoms. The van der Waals surface area contributed by atoms with Gasteiger partial charge in [-0.05, 0) is 29.7 Å². The molecule has 0 unspecified atom stereocenters. The van der Waals surface area contributed by atoms with Gasteiger partial charge in [0.05, 0.1) is 11.7 Å². The van der Waals surface area contributed by atoms with Crippen LogP contribution in [0.4, 0.5) is 0 Å². The van der Waals surface area contributed by atoms with E-state index < -0.39 is 16.1 Å². The molecule has 4 aromatic rings. The summed E-state index contributed by atoms with van der Waals surface area (Å²) in [7, 11) is -4.01. The Bertz CT molecular complexity index is 1420. The van der Waals surface area contributed by atoms with Crippen LogP contribution < -0.4 is 4.72 Å². The fourth-order valence-corrected chi connectivity index (χ4v) is 6.42. The Morgan fingerprint density at radius 1 is 0.861 bits per heavy atom. The number of piperazine rings is 1. The summed E-state index contributed by atoms with van der Waals surface area (Å²) >= 11 is 0.962. The smallest absolute Gasteiger partial charge is 0.243 e. The first-order chi connectivity index (χ1) is 17.5. The van der Waals surface area contributed by atoms with E-state index in [0.717, 1.165) is 36.9 Å². The van der Waals surface area contributed by atoms with Gasteiger partial charge in [0.2, 0.25) is 15.9 Å². The Labute approximate surface area is 214 Å². The first kappa shape index (κ1) is 24.5. The van der Waals surface area contributed by atoms with Crippen LogP contribution in [0.25, 0.3) is 11.0 Å². The highest BCUT2D eigenvalue weighted by atomic mass is 32.2. The van der Waals surface area contributed by atoms with Crippen molar-refractivity contribution in [1.82, 2.24) is 23.3 Å². The average molecular weight is 522 g/mol. The number of carbonyl (C=O) groups is 1. The summed E-state index contributed by atoms with van der Waals surface area (Å²) in [4.78, 5) is 17.8. The first-order valence-electron chi connectivity index (χ1n) is 11.8. The molecule has 5 rings (SSSR count). The van der Waals surface area contributed by atoms with Crippen LogP contribution in [0.5, 0.6) is 0 Å². The molecule has 1 atom stereocenters. The highest BCUT2D eigenvalue weighted by Gasteiger charge is 2.32. The second-order valence-electron chi connectivity index (χ2n) is 8.84. The third-order valence-corrected chi connectivity index (χ3v) is 8.40. The zero-order valence-corrected chi connectivity index (χ0v) is 21.3. The number of fused-ring (bicyclic) bond motifs is 1. The predicted octanol–water partition coefficient (Wildman–Crippen LogP) is 2.93. The minimum atomic E-state index is -4.01. The lowest BCUT2D eigenvalue weighted by molar-refractivity contribution is -0.134. The van der Waals surface area contributed by atoms with E-state index in [1.165, 1.54) is 11.6 Å². The number of carbonyl (C=O) groups excluding carboxylic acids is 1. The third-order valence-electron chi connectivity index (χ3n) is 6.35. The van der Waals surface area contributed by atoms with Crippen molar-refractivity contribution in [3.05, 3.63) is 90.0 Å². The summed E-state index contributed by atoms with van der Waals surface area (Å²) in [5, 5.41) is 0. The topological polar surface area (TPSA) is 95.5 Å². The van der Waals surface area contributed by atoms with Gasteiger partial charge in [-0.2, -0.15) is 13.5 Å². The number of aromatic nitrogens is 2. The van der Waals surface area contributed by atoms with Crippen LogP contribution in [0.3, 0.4) is 0 Å². The summed E-state index contributed by atoms with van der Waals surface area (Å²) in [6, 6.07) is 23.6. The maximum absolute atomic E-state index is 13.6. The van der Waals surface area contributed by atoms with Gasteiger partial charge < -0.3 is 4.90 Å². The standard InChI is InChI=1S/C26H27N5O3S2/c32-26(31-16-14-30(15-17-31)19-21-10-5-2-6-11-21)23(18-20-8-3-1-4-9-20)29-36(33,34)24-13-7-12-22-25(24)28-35-27-22/h1-13,23,29H,14-19H2/t23-/m1/s1. The molecule has 1 amide bonds. The molecule has 10 heteroatoms. The lowest BCUT2D eigenvalue weighted by atomic mass is 10.1. The van der Waals surface area contributed by atoms with Gasteiger partial charge in [0, 0.05) is 32.7 Å². The van der Waals surface area contributed by atoms with E-state index >= 15 is 0 Å². The van der Waals surface area contributed by atoms with Gasteiger partial charge >= 0.3 is 0 Å². The first-order valence-corrected chi connectivity index (χ1v) is 14.0. The minimum Gasteiger partial charge on any atom is -0.339 e. The second kappa shape index (κ2) is 10.8. The molecule has 0 saturated carbocycles. The summed E-state index contributed by atoms with van der Waals surface area (Å²) in [5.74, 6) is -0.217. The Hall–Kier alpha value is -3.18. The van der Waals surface area contributed by atoms with Crippen molar-refractivity contribution < 1.29 is 13.2 Å². The number of nitrogens with zero attached hydrogens (tertiary/aromatic N) is 4. The fraction of sp³-hybridized carbons (Fsp3) is 0.269. The number of hydrogen-bond acceptors (Lipinski definition) is 7. The SMILES string of the molecule is O=C([C@@H](Cc1ccccc1)NS(=O)(=O)c1cccc2nsnc12)N1CCN(Cc2ccccc2)CC1. The van der Waals surface area contributed by atoms with Gasteiger partial charge in [-0.15, -0.1) is 0 Å². The predicted molar refractivity (Wildman–Crippen MR) is 140 cm³/mol. The van der Waals surface area contributed by atoms with Crippen LogP contribution in [0.15, 0.2) is 83.8 Å². The number of amides is 1. The Balaban J connectivity index is 1.33. The quantitative estimate of drug-likeness (QED) is 0.383. The minimum absolute atomic E-state index is 0.0345. The number of benzene rings is 3. The fourth-order valence-electron chi connectivity index (χ4n) is 4.47.